The van der Waals surface area contributed by atoms with Gasteiger partial charge < -0.3 is 34.5 Å². The molecule has 3 rings (SSSR count). The number of benzene rings is 1. The number of aromatic nitrogens is 2. The van der Waals surface area contributed by atoms with E-state index in [1.54, 1.807) is 13.1 Å². The third kappa shape index (κ3) is 3.28. The number of aliphatic hydroxyl groups excluding tert-OH is 1. The van der Waals surface area contributed by atoms with E-state index in [4.69, 9.17) is 0 Å². The average molecular weight is 331 g/mol. The Kier molecular flexibility index (Phi) is 7.00. The van der Waals surface area contributed by atoms with Crippen molar-refractivity contribution in [2.75, 3.05) is 0 Å². The molecule has 3 aromatic rings. The van der Waals surface area contributed by atoms with Gasteiger partial charge in [-0.15, -0.1) is 0 Å². The predicted octanol–water partition coefficient (Wildman–Crippen LogP) is -0.157. The Balaban J connectivity index is 0.00000108. The fraction of sp³-hybridized carbons (Fsp3) is 0.143. The molecule has 0 spiro atoms. The van der Waals surface area contributed by atoms with Crippen LogP contribution >= 0.6 is 0 Å². The molecule has 19 heavy (non-hydrogen) atoms. The second-order valence-corrected chi connectivity index (χ2v) is 4.01. The molecular formula is C14H15BrMgN2O. The Bertz CT molecular complexity index is 667. The number of fused-ring (bicyclic) bond motifs is 3. The summed E-state index contributed by atoms with van der Waals surface area (Å²) in [6, 6.07) is 9.89. The van der Waals surface area contributed by atoms with Crippen molar-refractivity contribution in [3.05, 3.63) is 49.5 Å². The Morgan fingerprint density at radius 1 is 1.21 bits per heavy atom. The number of H-pyrrole nitrogens is 1. The summed E-state index contributed by atoms with van der Waals surface area (Å²) >= 11 is 0. The van der Waals surface area contributed by atoms with Crippen LogP contribution in [-0.2, 0) is 0 Å². The average Bonchev–Trinajstić information content (AvgIpc) is 2.66. The van der Waals surface area contributed by atoms with E-state index in [1.807, 2.05) is 30.3 Å². The van der Waals surface area contributed by atoms with E-state index >= 15 is 0 Å². The molecule has 1 unspecified atom stereocenters. The monoisotopic (exact) mass is 330 g/mol. The fourth-order valence-corrected chi connectivity index (χ4v) is 2.00. The number of halogens is 1. The zero-order valence-corrected chi connectivity index (χ0v) is 14.0. The van der Waals surface area contributed by atoms with Gasteiger partial charge in [0.25, 0.3) is 0 Å². The van der Waals surface area contributed by atoms with E-state index in [2.05, 4.69) is 9.97 Å². The Morgan fingerprint density at radius 3 is 2.63 bits per heavy atom. The molecule has 0 radical (unpaired) electrons. The summed E-state index contributed by atoms with van der Waals surface area (Å²) in [7, 11) is 0. The van der Waals surface area contributed by atoms with Crippen molar-refractivity contribution in [1.82, 2.24) is 9.97 Å². The summed E-state index contributed by atoms with van der Waals surface area (Å²) in [6.45, 7) is 1.77. The molecule has 2 heterocycles. The summed E-state index contributed by atoms with van der Waals surface area (Å²) in [5.41, 5.74) is 2.87. The first-order chi connectivity index (χ1) is 7.75. The molecule has 0 aliphatic carbocycles. The van der Waals surface area contributed by atoms with Gasteiger partial charge in [-0.3, -0.25) is 0 Å². The van der Waals surface area contributed by atoms with Crippen LogP contribution in [-0.4, -0.2) is 38.1 Å². The summed E-state index contributed by atoms with van der Waals surface area (Å²) in [5, 5.41) is 11.8. The fourth-order valence-electron chi connectivity index (χ4n) is 2.00. The van der Waals surface area contributed by atoms with E-state index < -0.39 is 6.10 Å². The summed E-state index contributed by atoms with van der Waals surface area (Å²) in [6.07, 6.45) is 1.33. The molecule has 96 valence electrons. The molecule has 1 aromatic carbocycles. The number of aromatic amines is 1. The molecule has 0 amide bonds. The number of hydrogen-bond acceptors (Lipinski definition) is 2. The zero-order chi connectivity index (χ0) is 11.1. The molecule has 1 atom stereocenters. The normalized spacial score (nSPS) is 11.3. The van der Waals surface area contributed by atoms with Crippen LogP contribution < -0.4 is 17.0 Å². The van der Waals surface area contributed by atoms with Gasteiger partial charge in [0, 0.05) is 22.5 Å². The molecule has 2 N–H and O–H groups in total. The maximum atomic E-state index is 9.57. The Hall–Kier alpha value is -0.624. The third-order valence-corrected chi connectivity index (χ3v) is 2.88. The molecule has 0 aliphatic heterocycles. The molecule has 2 aromatic heterocycles. The van der Waals surface area contributed by atoms with Gasteiger partial charge in [0.2, 0.25) is 0 Å². The zero-order valence-electron chi connectivity index (χ0n) is 11.0. The first kappa shape index (κ1) is 18.4. The second kappa shape index (κ2) is 7.24. The Morgan fingerprint density at radius 2 is 1.95 bits per heavy atom. The van der Waals surface area contributed by atoms with Gasteiger partial charge in [-0.05, 0) is 36.8 Å². The van der Waals surface area contributed by atoms with Crippen molar-refractivity contribution < 1.29 is 22.1 Å². The van der Waals surface area contributed by atoms with Gasteiger partial charge in [-0.25, -0.2) is 4.98 Å². The molecule has 0 aliphatic rings. The van der Waals surface area contributed by atoms with Crippen molar-refractivity contribution in [3.8, 4) is 0 Å². The number of nitrogens with one attached hydrogen (secondary N) is 1. The van der Waals surface area contributed by atoms with Crippen molar-refractivity contribution in [2.24, 2.45) is 0 Å². The summed E-state index contributed by atoms with van der Waals surface area (Å²) in [5.74, 6) is 0. The van der Waals surface area contributed by atoms with E-state index in [9.17, 15) is 5.11 Å². The van der Waals surface area contributed by atoms with E-state index in [-0.39, 0.29) is 47.5 Å². The van der Waals surface area contributed by atoms with Crippen molar-refractivity contribution >= 4 is 45.0 Å². The molecule has 0 saturated carbocycles. The van der Waals surface area contributed by atoms with Gasteiger partial charge in [-0.2, -0.15) is 0 Å². The van der Waals surface area contributed by atoms with Gasteiger partial charge in [-0.1, -0.05) is 6.07 Å². The molecule has 0 fully saturated rings. The maximum absolute atomic E-state index is 9.57. The largest absolute Gasteiger partial charge is 2.00 e. The second-order valence-electron chi connectivity index (χ2n) is 4.01. The van der Waals surface area contributed by atoms with Gasteiger partial charge in [0.05, 0.1) is 6.10 Å². The molecule has 3 nitrogen and oxygen atoms in total. The quantitative estimate of drug-likeness (QED) is 0.481. The first-order valence-corrected chi connectivity index (χ1v) is 5.30. The predicted molar refractivity (Wildman–Crippen MR) is 76.4 cm³/mol. The van der Waals surface area contributed by atoms with Crippen LogP contribution in [0.4, 0.5) is 0 Å². The maximum Gasteiger partial charge on any atom is 2.00 e. The summed E-state index contributed by atoms with van der Waals surface area (Å²) in [4.78, 5) is 7.53. The molecule has 0 bridgehead atoms. The van der Waals surface area contributed by atoms with Crippen molar-refractivity contribution in [1.29, 1.82) is 0 Å². The first-order valence-electron chi connectivity index (χ1n) is 5.30. The number of aliphatic hydroxyl groups is 1. The van der Waals surface area contributed by atoms with Crippen LogP contribution in [0, 0.1) is 7.43 Å². The SMILES string of the molecule is CC(O)c1ccc2[nH]c3ncccc3c2c1.[Br-].[CH3-].[Mg+2]. The number of hydrogen-bond donors (Lipinski definition) is 2. The van der Waals surface area contributed by atoms with Crippen molar-refractivity contribution in [3.63, 3.8) is 0 Å². The number of pyridine rings is 1. The third-order valence-electron chi connectivity index (χ3n) is 2.88. The Labute approximate surface area is 139 Å². The topological polar surface area (TPSA) is 48.9 Å². The van der Waals surface area contributed by atoms with Gasteiger partial charge >= 0.3 is 23.1 Å². The van der Waals surface area contributed by atoms with Crippen molar-refractivity contribution in [2.45, 2.75) is 13.0 Å². The van der Waals surface area contributed by atoms with Crippen LogP contribution in [0.25, 0.3) is 21.9 Å². The van der Waals surface area contributed by atoms with E-state index in [0.29, 0.717) is 0 Å². The van der Waals surface area contributed by atoms with Crippen LogP contribution in [0.1, 0.15) is 18.6 Å². The van der Waals surface area contributed by atoms with E-state index in [1.165, 1.54) is 0 Å². The number of nitrogens with zero attached hydrogens (tertiary/aromatic N) is 1. The van der Waals surface area contributed by atoms with Gasteiger partial charge in [0.15, 0.2) is 0 Å². The minimum Gasteiger partial charge on any atom is -1.00 e. The van der Waals surface area contributed by atoms with Crippen LogP contribution in [0.5, 0.6) is 0 Å². The standard InChI is InChI=1S/C13H12N2O.CH3.BrH.Mg/c1-8(16)9-4-5-12-11(7-9)10-3-2-6-14-13(10)15-12;;;/h2-8,16H,1H3,(H,14,15);1H3;1H;/q;-1;;+2/p-1. The number of rotatable bonds is 1. The van der Waals surface area contributed by atoms with Crippen LogP contribution in [0.3, 0.4) is 0 Å². The van der Waals surface area contributed by atoms with Crippen LogP contribution in [0.15, 0.2) is 36.5 Å². The van der Waals surface area contributed by atoms with E-state index in [0.717, 1.165) is 27.5 Å². The smallest absolute Gasteiger partial charge is 1.00 e. The molecule has 0 saturated heterocycles. The van der Waals surface area contributed by atoms with Gasteiger partial charge in [0.1, 0.15) is 5.65 Å². The molecule has 5 heteroatoms. The summed E-state index contributed by atoms with van der Waals surface area (Å²) < 4.78 is 0. The van der Waals surface area contributed by atoms with Crippen LogP contribution in [0.2, 0.25) is 0 Å². The minimum absolute atomic E-state index is 0. The minimum atomic E-state index is -0.439. The molecular weight excluding hydrogens is 316 g/mol.